The Labute approximate surface area is 227 Å². The molecule has 2 aliphatic heterocycles. The van der Waals surface area contributed by atoms with Crippen molar-refractivity contribution in [3.63, 3.8) is 0 Å². The number of amides is 2. The number of ether oxygens (including phenoxy) is 2. The fraction of sp³-hybridized carbons (Fsp3) is 0.548. The van der Waals surface area contributed by atoms with Gasteiger partial charge in [-0.2, -0.15) is 0 Å². The maximum atomic E-state index is 14.4. The molecule has 3 aliphatic rings. The Morgan fingerprint density at radius 3 is 2.37 bits per heavy atom. The Morgan fingerprint density at radius 1 is 1.00 bits per heavy atom. The molecule has 2 heterocycles. The van der Waals surface area contributed by atoms with E-state index in [1.54, 1.807) is 7.11 Å². The van der Waals surface area contributed by atoms with Crippen LogP contribution in [0.1, 0.15) is 61.8 Å². The third kappa shape index (κ3) is 5.39. The molecular formula is C31H42N4O3. The SMILES string of the molecule is CCOc1cc(OC)ccc1C1=N[C@H](C2CCCCC2)[C@H](c2ccc(C)cc2)N1C(=O)N1CCN(C)CC1. The smallest absolute Gasteiger partial charge is 0.326 e. The highest BCUT2D eigenvalue weighted by atomic mass is 16.5. The summed E-state index contributed by atoms with van der Waals surface area (Å²) in [5, 5.41) is 0. The molecule has 2 amide bonds. The molecule has 1 saturated carbocycles. The van der Waals surface area contributed by atoms with Gasteiger partial charge in [0.25, 0.3) is 0 Å². The van der Waals surface area contributed by atoms with Gasteiger partial charge in [-0.15, -0.1) is 0 Å². The number of hydrogen-bond donors (Lipinski definition) is 0. The lowest BCUT2D eigenvalue weighted by Crippen LogP contribution is -2.53. The van der Waals surface area contributed by atoms with E-state index in [-0.39, 0.29) is 18.1 Å². The molecule has 7 heteroatoms. The summed E-state index contributed by atoms with van der Waals surface area (Å²) in [6.45, 7) is 7.79. The van der Waals surface area contributed by atoms with Crippen molar-refractivity contribution in [3.8, 4) is 11.5 Å². The zero-order valence-corrected chi connectivity index (χ0v) is 23.4. The molecule has 1 saturated heterocycles. The highest BCUT2D eigenvalue weighted by Gasteiger charge is 2.46. The molecule has 38 heavy (non-hydrogen) atoms. The molecule has 1 aliphatic carbocycles. The van der Waals surface area contributed by atoms with Crippen LogP contribution in [0, 0.1) is 12.8 Å². The Hall–Kier alpha value is -3.06. The number of urea groups is 1. The number of methoxy groups -OCH3 is 1. The normalized spacial score (nSPS) is 22.9. The number of likely N-dealkylation sites (N-methyl/N-ethyl adjacent to an activating group) is 1. The minimum Gasteiger partial charge on any atom is -0.497 e. The number of piperazine rings is 1. The quantitative estimate of drug-likeness (QED) is 0.505. The summed E-state index contributed by atoms with van der Waals surface area (Å²) < 4.78 is 11.6. The molecule has 0 spiro atoms. The molecule has 0 bridgehead atoms. The van der Waals surface area contributed by atoms with Crippen LogP contribution in [-0.2, 0) is 0 Å². The van der Waals surface area contributed by atoms with Gasteiger partial charge in [0.2, 0.25) is 0 Å². The van der Waals surface area contributed by atoms with Crippen molar-refractivity contribution in [1.29, 1.82) is 0 Å². The molecule has 204 valence electrons. The first kappa shape index (κ1) is 26.5. The zero-order valence-electron chi connectivity index (χ0n) is 23.4. The van der Waals surface area contributed by atoms with Crippen LogP contribution in [0.5, 0.6) is 11.5 Å². The molecule has 2 fully saturated rings. The topological polar surface area (TPSA) is 57.6 Å². The molecular weight excluding hydrogens is 476 g/mol. The van der Waals surface area contributed by atoms with Gasteiger partial charge in [0.05, 0.1) is 31.4 Å². The molecule has 0 radical (unpaired) electrons. The molecule has 5 rings (SSSR count). The second kappa shape index (κ2) is 11.8. The van der Waals surface area contributed by atoms with E-state index >= 15 is 0 Å². The Bertz CT molecular complexity index is 1130. The van der Waals surface area contributed by atoms with Crippen molar-refractivity contribution in [3.05, 3.63) is 59.2 Å². The second-order valence-electron chi connectivity index (χ2n) is 10.9. The predicted molar refractivity (Wildman–Crippen MR) is 151 cm³/mol. The van der Waals surface area contributed by atoms with Crippen molar-refractivity contribution < 1.29 is 14.3 Å². The maximum absolute atomic E-state index is 14.4. The Balaban J connectivity index is 1.63. The van der Waals surface area contributed by atoms with Gasteiger partial charge in [0.15, 0.2) is 0 Å². The van der Waals surface area contributed by atoms with Gasteiger partial charge in [-0.25, -0.2) is 4.79 Å². The number of carbonyl (C=O) groups is 1. The summed E-state index contributed by atoms with van der Waals surface area (Å²) in [7, 11) is 3.78. The van der Waals surface area contributed by atoms with Gasteiger partial charge < -0.3 is 19.3 Å². The summed E-state index contributed by atoms with van der Waals surface area (Å²) >= 11 is 0. The van der Waals surface area contributed by atoms with Crippen LogP contribution < -0.4 is 9.47 Å². The monoisotopic (exact) mass is 518 g/mol. The van der Waals surface area contributed by atoms with Crippen LogP contribution in [-0.4, -0.2) is 79.6 Å². The van der Waals surface area contributed by atoms with E-state index in [0.29, 0.717) is 18.3 Å². The number of hydrogen-bond acceptors (Lipinski definition) is 5. The summed E-state index contributed by atoms with van der Waals surface area (Å²) in [5.41, 5.74) is 3.22. The molecule has 2 aromatic rings. The van der Waals surface area contributed by atoms with Gasteiger partial charge in [0, 0.05) is 32.2 Å². The third-order valence-electron chi connectivity index (χ3n) is 8.36. The number of carbonyl (C=O) groups excluding carboxylic acids is 1. The van der Waals surface area contributed by atoms with Gasteiger partial charge in [-0.3, -0.25) is 9.89 Å². The number of benzene rings is 2. The number of aliphatic imine (C=N–C) groups is 1. The van der Waals surface area contributed by atoms with Crippen LogP contribution in [0.15, 0.2) is 47.5 Å². The van der Waals surface area contributed by atoms with Gasteiger partial charge in [-0.05, 0) is 57.4 Å². The second-order valence-corrected chi connectivity index (χ2v) is 10.9. The lowest BCUT2D eigenvalue weighted by Gasteiger charge is -2.39. The van der Waals surface area contributed by atoms with Crippen molar-refractivity contribution in [2.75, 3.05) is 46.9 Å². The van der Waals surface area contributed by atoms with Crippen LogP contribution in [0.2, 0.25) is 0 Å². The average molecular weight is 519 g/mol. The number of nitrogens with zero attached hydrogens (tertiary/aromatic N) is 4. The molecule has 2 atom stereocenters. The van der Waals surface area contributed by atoms with E-state index in [1.807, 2.05) is 34.9 Å². The van der Waals surface area contributed by atoms with Gasteiger partial charge >= 0.3 is 6.03 Å². The van der Waals surface area contributed by atoms with E-state index < -0.39 is 0 Å². The van der Waals surface area contributed by atoms with Gasteiger partial charge in [-0.1, -0.05) is 49.1 Å². The van der Waals surface area contributed by atoms with Crippen LogP contribution in [0.3, 0.4) is 0 Å². The number of rotatable bonds is 6. The lowest BCUT2D eigenvalue weighted by molar-refractivity contribution is 0.125. The van der Waals surface area contributed by atoms with Crippen LogP contribution in [0.25, 0.3) is 0 Å². The Kier molecular flexibility index (Phi) is 8.22. The first-order valence-corrected chi connectivity index (χ1v) is 14.2. The molecule has 0 N–H and O–H groups in total. The van der Waals surface area contributed by atoms with Crippen LogP contribution in [0.4, 0.5) is 4.79 Å². The highest BCUT2D eigenvalue weighted by Crippen LogP contribution is 2.44. The summed E-state index contributed by atoms with van der Waals surface area (Å²) in [5.74, 6) is 2.60. The highest BCUT2D eigenvalue weighted by molar-refractivity contribution is 6.11. The van der Waals surface area contributed by atoms with E-state index in [4.69, 9.17) is 14.5 Å². The number of aryl methyl sites for hydroxylation is 1. The lowest BCUT2D eigenvalue weighted by atomic mass is 9.79. The third-order valence-corrected chi connectivity index (χ3v) is 8.36. The number of amidine groups is 1. The fourth-order valence-electron chi connectivity index (χ4n) is 6.16. The fourth-order valence-corrected chi connectivity index (χ4v) is 6.16. The maximum Gasteiger partial charge on any atom is 0.326 e. The van der Waals surface area contributed by atoms with Crippen molar-refractivity contribution >= 4 is 11.9 Å². The van der Waals surface area contributed by atoms with Gasteiger partial charge in [0.1, 0.15) is 17.3 Å². The molecule has 0 aromatic heterocycles. The predicted octanol–water partition coefficient (Wildman–Crippen LogP) is 5.52. The first-order chi connectivity index (χ1) is 18.5. The molecule has 2 aromatic carbocycles. The zero-order chi connectivity index (χ0) is 26.6. The van der Waals surface area contributed by atoms with Crippen molar-refractivity contribution in [2.24, 2.45) is 10.9 Å². The van der Waals surface area contributed by atoms with E-state index in [1.165, 1.54) is 24.8 Å². The average Bonchev–Trinajstić information content (AvgIpc) is 3.34. The molecule has 0 unspecified atom stereocenters. The van der Waals surface area contributed by atoms with Crippen molar-refractivity contribution in [1.82, 2.24) is 14.7 Å². The minimum absolute atomic E-state index is 0.0148. The largest absolute Gasteiger partial charge is 0.497 e. The standard InChI is InChI=1S/C31H42N4O3/c1-5-38-27-21-25(37-4)15-16-26(27)30-32-28(23-9-7-6-8-10-23)29(24-13-11-22(2)12-14-24)35(30)31(36)34-19-17-33(3)18-20-34/h11-16,21,23,28-29H,5-10,17-20H2,1-4H3/t28-,29+/m1/s1. The first-order valence-electron chi connectivity index (χ1n) is 14.2. The molecule has 7 nitrogen and oxygen atoms in total. The van der Waals surface area contributed by atoms with E-state index in [2.05, 4.69) is 43.1 Å². The Morgan fingerprint density at radius 2 is 1.71 bits per heavy atom. The summed E-state index contributed by atoms with van der Waals surface area (Å²) in [4.78, 5) is 26.2. The van der Waals surface area contributed by atoms with Crippen LogP contribution >= 0.6 is 0 Å². The summed E-state index contributed by atoms with van der Waals surface area (Å²) in [6.07, 6.45) is 6.05. The van der Waals surface area contributed by atoms with Crippen molar-refractivity contribution in [2.45, 2.75) is 58.0 Å². The summed E-state index contributed by atoms with van der Waals surface area (Å²) in [6, 6.07) is 14.5. The van der Waals surface area contributed by atoms with E-state index in [9.17, 15) is 4.79 Å². The minimum atomic E-state index is -0.141. The van der Waals surface area contributed by atoms with E-state index in [0.717, 1.165) is 61.7 Å².